The van der Waals surface area contributed by atoms with Crippen molar-refractivity contribution >= 4 is 5.91 Å². The van der Waals surface area contributed by atoms with Crippen LogP contribution in [0.2, 0.25) is 0 Å². The van der Waals surface area contributed by atoms with Gasteiger partial charge in [0.1, 0.15) is 5.56 Å². The SMILES string of the molecule is Cc1ccn(-c2cccc(C(C)C)c2)c(=O)c1C(=O)N1CC(N2CCCCC2)C1. The molecule has 0 aliphatic carbocycles. The van der Waals surface area contributed by atoms with Crippen LogP contribution in [0.25, 0.3) is 5.69 Å². The first kappa shape index (κ1) is 19.9. The van der Waals surface area contributed by atoms with Crippen LogP contribution < -0.4 is 5.56 Å². The number of benzene rings is 1. The highest BCUT2D eigenvalue weighted by Gasteiger charge is 2.36. The van der Waals surface area contributed by atoms with Gasteiger partial charge in [-0.1, -0.05) is 32.4 Å². The molecule has 3 heterocycles. The third kappa shape index (κ3) is 3.88. The summed E-state index contributed by atoms with van der Waals surface area (Å²) in [6, 6.07) is 10.3. The predicted octanol–water partition coefficient (Wildman–Crippen LogP) is 3.58. The third-order valence-corrected chi connectivity index (χ3v) is 6.39. The molecule has 0 N–H and O–H groups in total. The fraction of sp³-hybridized carbons (Fsp3) is 0.500. The summed E-state index contributed by atoms with van der Waals surface area (Å²) in [4.78, 5) is 30.7. The van der Waals surface area contributed by atoms with Gasteiger partial charge in [0.2, 0.25) is 0 Å². The lowest BCUT2D eigenvalue weighted by atomic mass is 10.0. The predicted molar refractivity (Wildman–Crippen MR) is 116 cm³/mol. The lowest BCUT2D eigenvalue weighted by Gasteiger charge is -2.46. The zero-order valence-corrected chi connectivity index (χ0v) is 17.7. The van der Waals surface area contributed by atoms with Gasteiger partial charge in [0.15, 0.2) is 0 Å². The fourth-order valence-corrected chi connectivity index (χ4v) is 4.42. The molecule has 0 bridgehead atoms. The Kier molecular flexibility index (Phi) is 5.59. The molecule has 5 nitrogen and oxygen atoms in total. The van der Waals surface area contributed by atoms with Gasteiger partial charge < -0.3 is 4.90 Å². The summed E-state index contributed by atoms with van der Waals surface area (Å²) in [6.45, 7) is 9.85. The van der Waals surface area contributed by atoms with Crippen LogP contribution in [0, 0.1) is 6.92 Å². The average molecular weight is 394 g/mol. The maximum atomic E-state index is 13.2. The smallest absolute Gasteiger partial charge is 0.268 e. The summed E-state index contributed by atoms with van der Waals surface area (Å²) in [5.41, 5.74) is 2.81. The van der Waals surface area contributed by atoms with E-state index < -0.39 is 0 Å². The zero-order chi connectivity index (χ0) is 20.5. The Bertz CT molecular complexity index is 951. The molecule has 2 aromatic rings. The molecule has 0 atom stereocenters. The van der Waals surface area contributed by atoms with E-state index >= 15 is 0 Å². The summed E-state index contributed by atoms with van der Waals surface area (Å²) < 4.78 is 1.61. The van der Waals surface area contributed by atoms with Crippen molar-refractivity contribution < 1.29 is 4.79 Å². The maximum Gasteiger partial charge on any atom is 0.268 e. The quantitative estimate of drug-likeness (QED) is 0.798. The second-order valence-electron chi connectivity index (χ2n) is 8.76. The van der Waals surface area contributed by atoms with Crippen molar-refractivity contribution in [1.82, 2.24) is 14.4 Å². The number of rotatable bonds is 4. The first-order valence-electron chi connectivity index (χ1n) is 10.8. The molecule has 2 fully saturated rings. The van der Waals surface area contributed by atoms with Crippen LogP contribution in [0.1, 0.15) is 60.5 Å². The molecule has 0 unspecified atom stereocenters. The molecule has 1 aromatic heterocycles. The van der Waals surface area contributed by atoms with Crippen molar-refractivity contribution in [2.45, 2.75) is 52.0 Å². The van der Waals surface area contributed by atoms with E-state index in [9.17, 15) is 9.59 Å². The Morgan fingerprint density at radius 2 is 1.79 bits per heavy atom. The molecular weight excluding hydrogens is 362 g/mol. The number of amides is 1. The molecule has 29 heavy (non-hydrogen) atoms. The monoisotopic (exact) mass is 393 g/mol. The van der Waals surface area contributed by atoms with Gasteiger partial charge in [-0.3, -0.25) is 19.1 Å². The van der Waals surface area contributed by atoms with Crippen LogP contribution in [0.4, 0.5) is 0 Å². The first-order valence-corrected chi connectivity index (χ1v) is 10.8. The number of carbonyl (C=O) groups excluding carboxylic acids is 1. The van der Waals surface area contributed by atoms with E-state index in [0.717, 1.165) is 37.4 Å². The maximum absolute atomic E-state index is 13.2. The molecule has 1 aromatic carbocycles. The van der Waals surface area contributed by atoms with Crippen molar-refractivity contribution in [3.05, 3.63) is 63.6 Å². The second kappa shape index (κ2) is 8.15. The van der Waals surface area contributed by atoms with Crippen LogP contribution in [-0.2, 0) is 0 Å². The Labute approximate surface area is 172 Å². The van der Waals surface area contributed by atoms with Crippen molar-refractivity contribution in [3.63, 3.8) is 0 Å². The normalized spacial score (nSPS) is 18.1. The molecule has 154 valence electrons. The summed E-state index contributed by atoms with van der Waals surface area (Å²) >= 11 is 0. The molecular formula is C24H31N3O2. The van der Waals surface area contributed by atoms with E-state index in [1.165, 1.54) is 24.8 Å². The van der Waals surface area contributed by atoms with Crippen LogP contribution in [0.15, 0.2) is 41.3 Å². The Balaban J connectivity index is 1.57. The highest BCUT2D eigenvalue weighted by atomic mass is 16.2. The number of nitrogens with zero attached hydrogens (tertiary/aromatic N) is 3. The largest absolute Gasteiger partial charge is 0.335 e. The minimum Gasteiger partial charge on any atom is -0.335 e. The highest BCUT2D eigenvalue weighted by molar-refractivity contribution is 5.96. The van der Waals surface area contributed by atoms with E-state index in [1.54, 1.807) is 10.8 Å². The van der Waals surface area contributed by atoms with Crippen LogP contribution in [0.5, 0.6) is 0 Å². The number of pyridine rings is 1. The van der Waals surface area contributed by atoms with Gasteiger partial charge in [-0.2, -0.15) is 0 Å². The molecule has 4 rings (SSSR count). The topological polar surface area (TPSA) is 45.6 Å². The van der Waals surface area contributed by atoms with Crippen LogP contribution in [-0.4, -0.2) is 52.5 Å². The van der Waals surface area contributed by atoms with Crippen molar-refractivity contribution in [2.24, 2.45) is 0 Å². The summed E-state index contributed by atoms with van der Waals surface area (Å²) in [7, 11) is 0. The van der Waals surface area contributed by atoms with E-state index in [2.05, 4.69) is 24.8 Å². The number of aromatic nitrogens is 1. The minimum atomic E-state index is -0.225. The second-order valence-corrected chi connectivity index (χ2v) is 8.76. The number of hydrogen-bond donors (Lipinski definition) is 0. The third-order valence-electron chi connectivity index (χ3n) is 6.39. The van der Waals surface area contributed by atoms with Gasteiger partial charge in [0, 0.05) is 31.0 Å². The Hall–Kier alpha value is -2.40. The van der Waals surface area contributed by atoms with Crippen molar-refractivity contribution in [1.29, 1.82) is 0 Å². The number of aryl methyl sites for hydroxylation is 1. The minimum absolute atomic E-state index is 0.130. The summed E-state index contributed by atoms with van der Waals surface area (Å²) in [5.74, 6) is 0.250. The molecule has 2 saturated heterocycles. The molecule has 0 saturated carbocycles. The van der Waals surface area contributed by atoms with Gasteiger partial charge in [0.05, 0.1) is 0 Å². The van der Waals surface area contributed by atoms with Crippen molar-refractivity contribution in [2.75, 3.05) is 26.2 Å². The van der Waals surface area contributed by atoms with Crippen LogP contribution >= 0.6 is 0 Å². The average Bonchev–Trinajstić information content (AvgIpc) is 2.68. The number of carbonyl (C=O) groups is 1. The van der Waals surface area contributed by atoms with Crippen LogP contribution in [0.3, 0.4) is 0 Å². The summed E-state index contributed by atoms with van der Waals surface area (Å²) in [5, 5.41) is 0. The van der Waals surface area contributed by atoms with Crippen molar-refractivity contribution in [3.8, 4) is 5.69 Å². The van der Waals surface area contributed by atoms with Gasteiger partial charge >= 0.3 is 0 Å². The fourth-order valence-electron chi connectivity index (χ4n) is 4.42. The van der Waals surface area contributed by atoms with Gasteiger partial charge in [-0.15, -0.1) is 0 Å². The molecule has 5 heteroatoms. The standard InChI is InChI=1S/C24H31N3O2/c1-17(2)19-8-7-9-20(14-19)27-13-10-18(3)22(24(27)29)23(28)26-15-21(16-26)25-11-5-4-6-12-25/h7-10,13-14,17,21H,4-6,11-12,15-16H2,1-3H3. The lowest BCUT2D eigenvalue weighted by Crippen LogP contribution is -2.62. The molecule has 2 aliphatic rings. The van der Waals surface area contributed by atoms with E-state index in [0.29, 0.717) is 17.5 Å². The molecule has 0 radical (unpaired) electrons. The first-order chi connectivity index (χ1) is 14.0. The van der Waals surface area contributed by atoms with Gasteiger partial charge in [-0.25, -0.2) is 0 Å². The van der Waals surface area contributed by atoms with E-state index in [4.69, 9.17) is 0 Å². The number of likely N-dealkylation sites (tertiary alicyclic amines) is 2. The lowest BCUT2D eigenvalue weighted by molar-refractivity contribution is 0.0201. The summed E-state index contributed by atoms with van der Waals surface area (Å²) in [6.07, 6.45) is 5.60. The van der Waals surface area contributed by atoms with E-state index in [1.807, 2.05) is 36.1 Å². The number of hydrogen-bond acceptors (Lipinski definition) is 3. The highest BCUT2D eigenvalue weighted by Crippen LogP contribution is 2.22. The zero-order valence-electron chi connectivity index (χ0n) is 17.7. The molecule has 1 amide bonds. The van der Waals surface area contributed by atoms with E-state index in [-0.39, 0.29) is 11.5 Å². The molecule has 0 spiro atoms. The number of piperidine rings is 1. The Morgan fingerprint density at radius 3 is 2.48 bits per heavy atom. The van der Waals surface area contributed by atoms with Gasteiger partial charge in [0.25, 0.3) is 11.5 Å². The molecule has 2 aliphatic heterocycles. The van der Waals surface area contributed by atoms with Gasteiger partial charge in [-0.05, 0) is 68.1 Å². The Morgan fingerprint density at radius 1 is 1.07 bits per heavy atom.